The van der Waals surface area contributed by atoms with Gasteiger partial charge >= 0.3 is 11.9 Å². The molecule has 0 saturated heterocycles. The van der Waals surface area contributed by atoms with Gasteiger partial charge in [-0.15, -0.1) is 0 Å². The topological polar surface area (TPSA) is 87.4 Å². The Balaban J connectivity index is 2.27. The van der Waals surface area contributed by atoms with Crippen molar-refractivity contribution in [3.8, 4) is 6.07 Å². The van der Waals surface area contributed by atoms with E-state index in [1.54, 1.807) is 43.3 Å². The highest BCUT2D eigenvalue weighted by Crippen LogP contribution is 2.31. The van der Waals surface area contributed by atoms with Gasteiger partial charge in [-0.05, 0) is 42.8 Å². The summed E-state index contributed by atoms with van der Waals surface area (Å²) in [6, 6.07) is 14.0. The molecule has 0 aliphatic rings. The van der Waals surface area contributed by atoms with Crippen molar-refractivity contribution in [2.45, 2.75) is 23.1 Å². The third-order valence-corrected chi connectivity index (χ3v) is 4.19. The van der Waals surface area contributed by atoms with Crippen LogP contribution in [0.4, 0.5) is 0 Å². The molecule has 0 aliphatic carbocycles. The summed E-state index contributed by atoms with van der Waals surface area (Å²) in [5.74, 6) is -1.35. The van der Waals surface area contributed by atoms with E-state index in [9.17, 15) is 9.59 Å². The Bertz CT molecular complexity index is 794. The SMILES string of the molecule is CCOC(=O)c1cc(C#N)ccc1Sc1ccc(CC(=O)O)cc1. The number of carbonyl (C=O) groups excluding carboxylic acids is 1. The largest absolute Gasteiger partial charge is 0.481 e. The van der Waals surface area contributed by atoms with Gasteiger partial charge in [-0.2, -0.15) is 5.26 Å². The van der Waals surface area contributed by atoms with Crippen molar-refractivity contribution >= 4 is 23.7 Å². The fourth-order valence-electron chi connectivity index (χ4n) is 2.03. The number of nitrogens with zero attached hydrogens (tertiary/aromatic N) is 1. The van der Waals surface area contributed by atoms with E-state index < -0.39 is 11.9 Å². The molecule has 0 fully saturated rings. The Morgan fingerprint density at radius 2 is 1.92 bits per heavy atom. The van der Waals surface area contributed by atoms with Crippen LogP contribution >= 0.6 is 11.8 Å². The van der Waals surface area contributed by atoms with Crippen LogP contribution in [0, 0.1) is 11.3 Å². The van der Waals surface area contributed by atoms with Crippen LogP contribution in [0.5, 0.6) is 0 Å². The highest BCUT2D eigenvalue weighted by Gasteiger charge is 2.15. The Hall–Kier alpha value is -2.78. The van der Waals surface area contributed by atoms with E-state index >= 15 is 0 Å². The van der Waals surface area contributed by atoms with Gasteiger partial charge in [0, 0.05) is 9.79 Å². The Morgan fingerprint density at radius 3 is 2.50 bits per heavy atom. The van der Waals surface area contributed by atoms with Crippen molar-refractivity contribution in [2.75, 3.05) is 6.61 Å². The van der Waals surface area contributed by atoms with Gasteiger partial charge in [-0.1, -0.05) is 23.9 Å². The summed E-state index contributed by atoms with van der Waals surface area (Å²) in [5.41, 5.74) is 1.44. The van der Waals surface area contributed by atoms with Crippen LogP contribution in [0.1, 0.15) is 28.4 Å². The normalized spacial score (nSPS) is 10.0. The molecular formula is C18H15NO4S. The average molecular weight is 341 g/mol. The molecule has 0 atom stereocenters. The molecule has 24 heavy (non-hydrogen) atoms. The highest BCUT2D eigenvalue weighted by molar-refractivity contribution is 7.99. The lowest BCUT2D eigenvalue weighted by Crippen LogP contribution is -2.06. The molecule has 0 aromatic heterocycles. The lowest BCUT2D eigenvalue weighted by molar-refractivity contribution is -0.136. The van der Waals surface area contributed by atoms with E-state index in [0.717, 1.165) is 4.90 Å². The number of carbonyl (C=O) groups is 2. The zero-order valence-corrected chi connectivity index (χ0v) is 13.8. The van der Waals surface area contributed by atoms with E-state index in [4.69, 9.17) is 15.1 Å². The molecule has 6 heteroatoms. The summed E-state index contributed by atoms with van der Waals surface area (Å²) in [4.78, 5) is 24.3. The monoisotopic (exact) mass is 341 g/mol. The van der Waals surface area contributed by atoms with Gasteiger partial charge in [0.2, 0.25) is 0 Å². The predicted octanol–water partition coefficient (Wildman–Crippen LogP) is 3.51. The molecule has 0 radical (unpaired) electrons. The first-order valence-electron chi connectivity index (χ1n) is 7.23. The lowest BCUT2D eigenvalue weighted by Gasteiger charge is -2.09. The summed E-state index contributed by atoms with van der Waals surface area (Å²) in [6.45, 7) is 1.98. The number of rotatable bonds is 6. The number of hydrogen-bond acceptors (Lipinski definition) is 5. The first-order chi connectivity index (χ1) is 11.5. The smallest absolute Gasteiger partial charge is 0.339 e. The Labute approximate surface area is 143 Å². The number of aliphatic carboxylic acids is 1. The van der Waals surface area contributed by atoms with Crippen LogP contribution in [-0.4, -0.2) is 23.7 Å². The molecule has 0 bridgehead atoms. The zero-order valence-electron chi connectivity index (χ0n) is 13.0. The third kappa shape index (κ3) is 4.61. The highest BCUT2D eigenvalue weighted by atomic mass is 32.2. The van der Waals surface area contributed by atoms with Gasteiger partial charge in [0.25, 0.3) is 0 Å². The number of nitriles is 1. The number of esters is 1. The lowest BCUT2D eigenvalue weighted by atomic mass is 10.1. The first-order valence-corrected chi connectivity index (χ1v) is 8.05. The summed E-state index contributed by atoms with van der Waals surface area (Å²) < 4.78 is 5.04. The summed E-state index contributed by atoms with van der Waals surface area (Å²) in [6.07, 6.45) is -0.0319. The van der Waals surface area contributed by atoms with Gasteiger partial charge in [-0.3, -0.25) is 4.79 Å². The minimum Gasteiger partial charge on any atom is -0.481 e. The second-order valence-corrected chi connectivity index (χ2v) is 5.98. The molecule has 0 spiro atoms. The number of hydrogen-bond donors (Lipinski definition) is 1. The molecule has 0 aliphatic heterocycles. The summed E-state index contributed by atoms with van der Waals surface area (Å²) in [7, 11) is 0. The molecule has 122 valence electrons. The number of carboxylic acids is 1. The number of carboxylic acid groups (broad SMARTS) is 1. The van der Waals surface area contributed by atoms with Crippen LogP contribution < -0.4 is 0 Å². The van der Waals surface area contributed by atoms with Crippen LogP contribution in [0.15, 0.2) is 52.3 Å². The van der Waals surface area contributed by atoms with Crippen LogP contribution in [-0.2, 0) is 16.0 Å². The Kier molecular flexibility index (Phi) is 5.99. The fourth-order valence-corrected chi connectivity index (χ4v) is 2.95. The summed E-state index contributed by atoms with van der Waals surface area (Å²) >= 11 is 1.36. The second-order valence-electron chi connectivity index (χ2n) is 4.86. The first kappa shape index (κ1) is 17.6. The van der Waals surface area contributed by atoms with E-state index in [1.807, 2.05) is 6.07 Å². The maximum atomic E-state index is 12.1. The minimum absolute atomic E-state index is 0.0319. The molecule has 0 amide bonds. The van der Waals surface area contributed by atoms with Crippen LogP contribution in [0.3, 0.4) is 0 Å². The molecule has 0 unspecified atom stereocenters. The van der Waals surface area contributed by atoms with Crippen molar-refractivity contribution in [3.05, 3.63) is 59.2 Å². The van der Waals surface area contributed by atoms with E-state index in [-0.39, 0.29) is 13.0 Å². The molecule has 1 N–H and O–H groups in total. The van der Waals surface area contributed by atoms with Crippen LogP contribution in [0.25, 0.3) is 0 Å². The number of ether oxygens (including phenoxy) is 1. The molecule has 2 aromatic rings. The molecule has 2 aromatic carbocycles. The number of benzene rings is 2. The zero-order chi connectivity index (χ0) is 17.5. The quantitative estimate of drug-likeness (QED) is 0.809. The molecule has 5 nitrogen and oxygen atoms in total. The van der Waals surface area contributed by atoms with Crippen molar-refractivity contribution in [2.24, 2.45) is 0 Å². The van der Waals surface area contributed by atoms with E-state index in [2.05, 4.69) is 0 Å². The third-order valence-electron chi connectivity index (χ3n) is 3.11. The Morgan fingerprint density at radius 1 is 1.21 bits per heavy atom. The van der Waals surface area contributed by atoms with Gasteiger partial charge < -0.3 is 9.84 Å². The second kappa shape index (κ2) is 8.18. The van der Waals surface area contributed by atoms with Crippen molar-refractivity contribution < 1.29 is 19.4 Å². The maximum absolute atomic E-state index is 12.1. The summed E-state index contributed by atoms with van der Waals surface area (Å²) in [5, 5.41) is 17.8. The molecule has 2 rings (SSSR count). The predicted molar refractivity (Wildman–Crippen MR) is 89.0 cm³/mol. The molecular weight excluding hydrogens is 326 g/mol. The minimum atomic E-state index is -0.882. The van der Waals surface area contributed by atoms with Gasteiger partial charge in [-0.25, -0.2) is 4.79 Å². The standard InChI is InChI=1S/C18H15NO4S/c1-2-23-18(22)15-9-13(11-19)5-8-16(15)24-14-6-3-12(4-7-14)10-17(20)21/h3-9H,2,10H2,1H3,(H,20,21). The van der Waals surface area contributed by atoms with Crippen molar-refractivity contribution in [1.82, 2.24) is 0 Å². The molecule has 0 heterocycles. The van der Waals surface area contributed by atoms with Gasteiger partial charge in [0.05, 0.1) is 30.2 Å². The molecule has 0 saturated carbocycles. The van der Waals surface area contributed by atoms with Gasteiger partial charge in [0.15, 0.2) is 0 Å². The van der Waals surface area contributed by atoms with E-state index in [1.165, 1.54) is 17.8 Å². The average Bonchev–Trinajstić information content (AvgIpc) is 2.56. The van der Waals surface area contributed by atoms with Crippen molar-refractivity contribution in [1.29, 1.82) is 5.26 Å². The maximum Gasteiger partial charge on any atom is 0.339 e. The van der Waals surface area contributed by atoms with Crippen LogP contribution in [0.2, 0.25) is 0 Å². The van der Waals surface area contributed by atoms with Crippen molar-refractivity contribution in [3.63, 3.8) is 0 Å². The fraction of sp³-hybridized carbons (Fsp3) is 0.167. The van der Waals surface area contributed by atoms with Gasteiger partial charge in [0.1, 0.15) is 0 Å². The van der Waals surface area contributed by atoms with E-state index in [0.29, 0.717) is 21.6 Å².